The van der Waals surface area contributed by atoms with Gasteiger partial charge >= 0.3 is 0 Å². The Kier molecular flexibility index (Phi) is 5.53. The van der Waals surface area contributed by atoms with Gasteiger partial charge in [0.25, 0.3) is 0 Å². The van der Waals surface area contributed by atoms with Crippen molar-refractivity contribution >= 4 is 22.9 Å². The quantitative estimate of drug-likeness (QED) is 0.568. The van der Waals surface area contributed by atoms with Crippen LogP contribution in [0.1, 0.15) is 40.2 Å². The Morgan fingerprint density at radius 3 is 2.97 bits per heavy atom. The summed E-state index contributed by atoms with van der Waals surface area (Å²) in [4.78, 5) is 13.8. The van der Waals surface area contributed by atoms with Crippen molar-refractivity contribution in [1.29, 1.82) is 0 Å². The lowest BCUT2D eigenvalue weighted by Gasteiger charge is -2.10. The Hall–Kier alpha value is -2.87. The van der Waals surface area contributed by atoms with E-state index >= 15 is 0 Å². The molecule has 3 aromatic heterocycles. The van der Waals surface area contributed by atoms with E-state index in [9.17, 15) is 4.39 Å². The molecule has 1 unspecified atom stereocenters. The fraction of sp³-hybridized carbons (Fsp3) is 0.429. The van der Waals surface area contributed by atoms with E-state index in [-0.39, 0.29) is 20.1 Å². The standard InChI is InChI=1S/C21H25FN6O.H2/c1-13(2)29-11-9-23-21-24-12-19-16(7-10-28(19)27-21)17-4-5-18-20(26-17)15(6-8-22)14(3)25-18;/h4-5,7,10,12-13,15H,6,8-9,11H2,1-3H3,(H,23,27);1H. The van der Waals surface area contributed by atoms with Crippen LogP contribution in [-0.4, -0.2) is 51.2 Å². The average molecular weight is 398 g/mol. The molecular formula is C21H27FN6O. The van der Waals surface area contributed by atoms with Gasteiger partial charge < -0.3 is 10.1 Å². The normalized spacial score (nSPS) is 15.8. The Bertz CT molecular complexity index is 1050. The lowest BCUT2D eigenvalue weighted by molar-refractivity contribution is 0.0869. The van der Waals surface area contributed by atoms with Crippen LogP contribution in [0.2, 0.25) is 0 Å². The van der Waals surface area contributed by atoms with Gasteiger partial charge in [0, 0.05) is 31.4 Å². The molecule has 0 aliphatic carbocycles. The largest absolute Gasteiger partial charge is 0.377 e. The number of pyridine rings is 1. The molecule has 0 aromatic carbocycles. The van der Waals surface area contributed by atoms with Crippen LogP contribution >= 0.6 is 0 Å². The molecule has 1 aliphatic heterocycles. The number of halogens is 1. The first kappa shape index (κ1) is 19.4. The van der Waals surface area contributed by atoms with Crippen molar-refractivity contribution in [2.24, 2.45) is 4.99 Å². The zero-order chi connectivity index (χ0) is 20.4. The maximum absolute atomic E-state index is 13.0. The van der Waals surface area contributed by atoms with E-state index in [1.807, 2.05) is 45.2 Å². The van der Waals surface area contributed by atoms with Crippen LogP contribution in [0.5, 0.6) is 0 Å². The summed E-state index contributed by atoms with van der Waals surface area (Å²) < 4.78 is 20.3. The smallest absolute Gasteiger partial charge is 0.241 e. The SMILES string of the molecule is CC1=Nc2ccc(-c3ccn4nc(NCCOC(C)C)ncc34)nc2C1CCF.[HH]. The van der Waals surface area contributed by atoms with Gasteiger partial charge in [-0.3, -0.25) is 9.38 Å². The van der Waals surface area contributed by atoms with Crippen molar-refractivity contribution in [1.82, 2.24) is 19.6 Å². The highest BCUT2D eigenvalue weighted by Crippen LogP contribution is 2.38. The zero-order valence-electron chi connectivity index (χ0n) is 16.9. The summed E-state index contributed by atoms with van der Waals surface area (Å²) in [7, 11) is 0. The molecule has 0 saturated carbocycles. The Morgan fingerprint density at radius 1 is 1.31 bits per heavy atom. The van der Waals surface area contributed by atoms with Gasteiger partial charge in [-0.1, -0.05) is 0 Å². The molecule has 4 rings (SSSR count). The number of ether oxygens (including phenoxy) is 1. The first-order valence-corrected chi connectivity index (χ1v) is 9.89. The van der Waals surface area contributed by atoms with Gasteiger partial charge in [-0.2, -0.15) is 0 Å². The summed E-state index contributed by atoms with van der Waals surface area (Å²) in [5.74, 6) is 0.491. The van der Waals surface area contributed by atoms with Crippen molar-refractivity contribution in [2.45, 2.75) is 39.2 Å². The number of hydrogen-bond donors (Lipinski definition) is 1. The van der Waals surface area contributed by atoms with Crippen LogP contribution in [-0.2, 0) is 4.74 Å². The lowest BCUT2D eigenvalue weighted by Crippen LogP contribution is -2.15. The van der Waals surface area contributed by atoms with Gasteiger partial charge in [-0.05, 0) is 45.4 Å². The molecule has 4 heterocycles. The summed E-state index contributed by atoms with van der Waals surface area (Å²) in [6.07, 6.45) is 4.28. The molecule has 0 radical (unpaired) electrons. The fourth-order valence-corrected chi connectivity index (χ4v) is 3.54. The van der Waals surface area contributed by atoms with Crippen molar-refractivity contribution in [2.75, 3.05) is 25.1 Å². The molecule has 154 valence electrons. The summed E-state index contributed by atoms with van der Waals surface area (Å²) >= 11 is 0. The molecule has 0 bridgehead atoms. The van der Waals surface area contributed by atoms with Crippen LogP contribution in [0.3, 0.4) is 0 Å². The highest BCUT2D eigenvalue weighted by Gasteiger charge is 2.26. The predicted octanol–water partition coefficient (Wildman–Crippen LogP) is 4.42. The van der Waals surface area contributed by atoms with E-state index < -0.39 is 0 Å². The molecule has 0 fully saturated rings. The number of aromatic nitrogens is 4. The van der Waals surface area contributed by atoms with Crippen LogP contribution in [0, 0.1) is 0 Å². The molecule has 0 saturated heterocycles. The first-order valence-electron chi connectivity index (χ1n) is 9.89. The predicted molar refractivity (Wildman–Crippen MR) is 114 cm³/mol. The van der Waals surface area contributed by atoms with Gasteiger partial charge in [-0.25, -0.2) is 14.5 Å². The summed E-state index contributed by atoms with van der Waals surface area (Å²) in [6.45, 7) is 6.79. The second-order valence-corrected chi connectivity index (χ2v) is 7.37. The monoisotopic (exact) mass is 398 g/mol. The van der Waals surface area contributed by atoms with E-state index in [2.05, 4.69) is 20.4 Å². The lowest BCUT2D eigenvalue weighted by atomic mass is 9.98. The fourth-order valence-electron chi connectivity index (χ4n) is 3.54. The number of nitrogens with zero attached hydrogens (tertiary/aromatic N) is 5. The Labute approximate surface area is 170 Å². The molecule has 1 aliphatic rings. The maximum atomic E-state index is 13.0. The molecule has 3 aromatic rings. The maximum Gasteiger partial charge on any atom is 0.241 e. The number of fused-ring (bicyclic) bond motifs is 2. The van der Waals surface area contributed by atoms with Crippen molar-refractivity contribution in [3.63, 3.8) is 0 Å². The van der Waals surface area contributed by atoms with Gasteiger partial charge in [0.05, 0.1) is 48.2 Å². The number of rotatable bonds is 8. The Morgan fingerprint density at radius 2 is 2.17 bits per heavy atom. The summed E-state index contributed by atoms with van der Waals surface area (Å²) in [6, 6.07) is 5.86. The van der Waals surface area contributed by atoms with Gasteiger partial charge in [-0.15, -0.1) is 5.10 Å². The van der Waals surface area contributed by atoms with E-state index in [1.54, 1.807) is 10.7 Å². The molecular weight excluding hydrogens is 371 g/mol. The highest BCUT2D eigenvalue weighted by atomic mass is 19.1. The zero-order valence-corrected chi connectivity index (χ0v) is 16.9. The van der Waals surface area contributed by atoms with Crippen LogP contribution in [0.25, 0.3) is 16.8 Å². The minimum Gasteiger partial charge on any atom is -0.377 e. The molecule has 7 nitrogen and oxygen atoms in total. The van der Waals surface area contributed by atoms with Gasteiger partial charge in [0.15, 0.2) is 0 Å². The van der Waals surface area contributed by atoms with Crippen molar-refractivity contribution in [3.05, 3.63) is 36.3 Å². The van der Waals surface area contributed by atoms with Crippen molar-refractivity contribution in [3.8, 4) is 11.3 Å². The third-order valence-electron chi connectivity index (χ3n) is 4.96. The summed E-state index contributed by atoms with van der Waals surface area (Å²) in [5, 5.41) is 7.67. The summed E-state index contributed by atoms with van der Waals surface area (Å²) in [5.41, 5.74) is 5.21. The van der Waals surface area contributed by atoms with Crippen LogP contribution in [0.4, 0.5) is 16.0 Å². The van der Waals surface area contributed by atoms with Crippen LogP contribution < -0.4 is 5.32 Å². The third-order valence-corrected chi connectivity index (χ3v) is 4.96. The topological polar surface area (TPSA) is 76.7 Å². The highest BCUT2D eigenvalue weighted by molar-refractivity contribution is 5.96. The number of anilines is 1. The number of aliphatic imine (C=N–C) groups is 1. The number of alkyl halides is 1. The Balaban J connectivity index is 0.00000256. The van der Waals surface area contributed by atoms with Gasteiger partial charge in [0.1, 0.15) is 0 Å². The van der Waals surface area contributed by atoms with E-state index in [1.165, 1.54) is 0 Å². The number of hydrogen-bond acceptors (Lipinski definition) is 6. The second kappa shape index (κ2) is 8.24. The average Bonchev–Trinajstić information content (AvgIpc) is 3.26. The molecule has 0 spiro atoms. The molecule has 0 amide bonds. The van der Waals surface area contributed by atoms with E-state index in [0.717, 1.165) is 33.9 Å². The van der Waals surface area contributed by atoms with Gasteiger partial charge in [0.2, 0.25) is 5.95 Å². The van der Waals surface area contributed by atoms with Crippen LogP contribution in [0.15, 0.2) is 35.6 Å². The molecule has 8 heteroatoms. The molecule has 1 N–H and O–H groups in total. The molecule has 1 atom stereocenters. The third kappa shape index (κ3) is 3.98. The number of nitrogens with one attached hydrogen (secondary N) is 1. The minimum atomic E-state index is -0.385. The van der Waals surface area contributed by atoms with Crippen molar-refractivity contribution < 1.29 is 10.6 Å². The first-order chi connectivity index (χ1) is 14.1. The molecule has 29 heavy (non-hydrogen) atoms. The van der Waals surface area contributed by atoms with E-state index in [0.29, 0.717) is 25.5 Å². The minimum absolute atomic E-state index is 0. The second-order valence-electron chi connectivity index (χ2n) is 7.37. The van der Waals surface area contributed by atoms with E-state index in [4.69, 9.17) is 9.72 Å².